The number of hydrogen-bond acceptors (Lipinski definition) is 3. The van der Waals surface area contributed by atoms with E-state index in [1.54, 1.807) is 37.3 Å². The van der Waals surface area contributed by atoms with E-state index in [4.69, 9.17) is 34.8 Å². The Balaban J connectivity index is 1.88. The smallest absolute Gasteiger partial charge is 0.261 e. The van der Waals surface area contributed by atoms with Gasteiger partial charge in [0.2, 0.25) is 0 Å². The second kappa shape index (κ2) is 8.86. The molecule has 0 saturated carbocycles. The van der Waals surface area contributed by atoms with E-state index < -0.39 is 15.9 Å². The Hall–Kier alpha value is -2.25. The van der Waals surface area contributed by atoms with Crippen molar-refractivity contribution in [2.45, 2.75) is 18.7 Å². The van der Waals surface area contributed by atoms with E-state index >= 15 is 0 Å². The highest BCUT2D eigenvalue weighted by Gasteiger charge is 2.19. The number of halogens is 3. The lowest BCUT2D eigenvalue weighted by atomic mass is 10.1. The van der Waals surface area contributed by atoms with Gasteiger partial charge in [-0.15, -0.1) is 0 Å². The Morgan fingerprint density at radius 3 is 2.13 bits per heavy atom. The Labute approximate surface area is 190 Å². The summed E-state index contributed by atoms with van der Waals surface area (Å²) in [6.07, 6.45) is 0. The summed E-state index contributed by atoms with van der Waals surface area (Å²) < 4.78 is 27.9. The highest BCUT2D eigenvalue weighted by atomic mass is 35.5. The summed E-state index contributed by atoms with van der Waals surface area (Å²) in [5.41, 5.74) is 2.28. The van der Waals surface area contributed by atoms with Gasteiger partial charge in [0.1, 0.15) is 0 Å². The monoisotopic (exact) mass is 482 g/mol. The Morgan fingerprint density at radius 2 is 1.47 bits per heavy atom. The first-order chi connectivity index (χ1) is 14.1. The minimum Gasteiger partial charge on any atom is -0.321 e. The molecule has 0 aliphatic carbocycles. The summed E-state index contributed by atoms with van der Waals surface area (Å²) in [5, 5.41) is 3.41. The van der Waals surface area contributed by atoms with Gasteiger partial charge in [0.05, 0.1) is 31.3 Å². The van der Waals surface area contributed by atoms with Crippen LogP contribution in [0.2, 0.25) is 15.1 Å². The van der Waals surface area contributed by atoms with E-state index in [9.17, 15) is 13.2 Å². The second-order valence-corrected chi connectivity index (χ2v) is 9.50. The normalized spacial score (nSPS) is 11.2. The van der Waals surface area contributed by atoms with Gasteiger partial charge in [-0.1, -0.05) is 58.6 Å². The van der Waals surface area contributed by atoms with Crippen molar-refractivity contribution in [3.05, 3.63) is 86.4 Å². The topological polar surface area (TPSA) is 75.3 Å². The average molecular weight is 484 g/mol. The van der Waals surface area contributed by atoms with Gasteiger partial charge in [0.15, 0.2) is 0 Å². The number of nitrogens with one attached hydrogen (secondary N) is 2. The van der Waals surface area contributed by atoms with Gasteiger partial charge in [0, 0.05) is 5.56 Å². The first-order valence-electron chi connectivity index (χ1n) is 8.73. The minimum atomic E-state index is -3.81. The van der Waals surface area contributed by atoms with Gasteiger partial charge in [0.25, 0.3) is 15.9 Å². The molecule has 0 saturated heterocycles. The van der Waals surface area contributed by atoms with Gasteiger partial charge in [-0.3, -0.25) is 9.52 Å². The van der Waals surface area contributed by atoms with Crippen LogP contribution < -0.4 is 10.0 Å². The number of carbonyl (C=O) groups excluding carboxylic acids is 1. The summed E-state index contributed by atoms with van der Waals surface area (Å²) in [6.45, 7) is 3.52. The number of amides is 1. The Bertz CT molecular complexity index is 1230. The van der Waals surface area contributed by atoms with Crippen LogP contribution in [0.5, 0.6) is 0 Å². The molecule has 0 bridgehead atoms. The van der Waals surface area contributed by atoms with Crippen LogP contribution in [0.4, 0.5) is 11.4 Å². The fraction of sp³-hybridized carbons (Fsp3) is 0.0952. The van der Waals surface area contributed by atoms with Crippen LogP contribution in [0.1, 0.15) is 21.5 Å². The van der Waals surface area contributed by atoms with Crippen molar-refractivity contribution in [1.29, 1.82) is 0 Å². The molecule has 0 atom stereocenters. The lowest BCUT2D eigenvalue weighted by Crippen LogP contribution is -2.17. The molecular formula is C21H17Cl3N2O3S. The van der Waals surface area contributed by atoms with Crippen LogP contribution in [0, 0.1) is 13.8 Å². The third kappa shape index (κ3) is 4.90. The zero-order chi connectivity index (χ0) is 22.1. The molecule has 30 heavy (non-hydrogen) atoms. The molecule has 3 rings (SSSR count). The van der Waals surface area contributed by atoms with Gasteiger partial charge < -0.3 is 5.32 Å². The minimum absolute atomic E-state index is 0.130. The van der Waals surface area contributed by atoms with Crippen molar-refractivity contribution in [3.63, 3.8) is 0 Å². The third-order valence-electron chi connectivity index (χ3n) is 4.41. The second-order valence-electron chi connectivity index (χ2n) is 6.60. The first kappa shape index (κ1) is 22.4. The lowest BCUT2D eigenvalue weighted by molar-refractivity contribution is 0.102. The molecule has 0 aliphatic heterocycles. The largest absolute Gasteiger partial charge is 0.321 e. The number of rotatable bonds is 5. The number of carbonyl (C=O) groups is 1. The number of hydrogen-bond donors (Lipinski definition) is 2. The maximum absolute atomic E-state index is 12.8. The van der Waals surface area contributed by atoms with Gasteiger partial charge in [-0.05, 0) is 55.8 Å². The molecule has 9 heteroatoms. The molecule has 0 radical (unpaired) electrons. The number of aryl methyl sites for hydroxylation is 1. The van der Waals surface area contributed by atoms with E-state index in [0.717, 1.165) is 5.56 Å². The van der Waals surface area contributed by atoms with E-state index in [-0.39, 0.29) is 25.5 Å². The van der Waals surface area contributed by atoms with Crippen molar-refractivity contribution < 1.29 is 13.2 Å². The maximum Gasteiger partial charge on any atom is 0.261 e. The zero-order valence-electron chi connectivity index (χ0n) is 16.0. The summed E-state index contributed by atoms with van der Waals surface area (Å²) in [4.78, 5) is 12.9. The summed E-state index contributed by atoms with van der Waals surface area (Å²) in [6, 6.07) is 14.1. The van der Waals surface area contributed by atoms with Gasteiger partial charge in [-0.2, -0.15) is 0 Å². The van der Waals surface area contributed by atoms with Crippen LogP contribution in [0.25, 0.3) is 0 Å². The van der Waals surface area contributed by atoms with Gasteiger partial charge in [-0.25, -0.2) is 8.42 Å². The third-order valence-corrected chi connectivity index (χ3v) is 6.83. The van der Waals surface area contributed by atoms with Crippen molar-refractivity contribution in [2.24, 2.45) is 0 Å². The summed E-state index contributed by atoms with van der Waals surface area (Å²) in [5.74, 6) is -0.468. The number of sulfonamides is 1. The molecule has 0 heterocycles. The number of benzene rings is 3. The van der Waals surface area contributed by atoms with Crippen LogP contribution in [-0.4, -0.2) is 14.3 Å². The molecule has 1 amide bonds. The Morgan fingerprint density at radius 1 is 0.833 bits per heavy atom. The fourth-order valence-corrected chi connectivity index (χ4v) is 4.44. The van der Waals surface area contributed by atoms with Crippen LogP contribution >= 0.6 is 34.8 Å². The predicted molar refractivity (Wildman–Crippen MR) is 123 cm³/mol. The highest BCUT2D eigenvalue weighted by Crippen LogP contribution is 2.33. The van der Waals surface area contributed by atoms with Crippen LogP contribution in [0.3, 0.4) is 0 Å². The highest BCUT2D eigenvalue weighted by molar-refractivity contribution is 7.92. The average Bonchev–Trinajstić information content (AvgIpc) is 2.68. The van der Waals surface area contributed by atoms with E-state index in [0.29, 0.717) is 16.9 Å². The molecular weight excluding hydrogens is 467 g/mol. The molecule has 3 aromatic rings. The number of anilines is 2. The van der Waals surface area contributed by atoms with Crippen LogP contribution in [-0.2, 0) is 10.0 Å². The Kier molecular flexibility index (Phi) is 6.62. The molecule has 3 aromatic carbocycles. The SMILES string of the molecule is Cc1ccc(S(=O)(=O)Nc2cccc(C(=O)Nc3cc(Cl)c(Cl)cc3Cl)c2C)cc1. The standard InChI is InChI=1S/C21H17Cl3N2O3S/c1-12-6-8-14(9-7-12)30(28,29)26-19-5-3-4-15(13(19)2)21(27)25-20-11-17(23)16(22)10-18(20)24/h3-11,26H,1-2H3,(H,25,27). The van der Waals surface area contributed by atoms with Gasteiger partial charge >= 0.3 is 0 Å². The van der Waals surface area contributed by atoms with Crippen molar-refractivity contribution in [3.8, 4) is 0 Å². The molecule has 0 aromatic heterocycles. The zero-order valence-corrected chi connectivity index (χ0v) is 19.0. The van der Waals surface area contributed by atoms with Crippen molar-refractivity contribution in [1.82, 2.24) is 0 Å². The van der Waals surface area contributed by atoms with Crippen molar-refractivity contribution in [2.75, 3.05) is 10.0 Å². The molecule has 0 unspecified atom stereocenters. The van der Waals surface area contributed by atoms with Crippen molar-refractivity contribution >= 4 is 62.1 Å². The predicted octanol–water partition coefficient (Wildman–Crippen LogP) is 6.32. The van der Waals surface area contributed by atoms with E-state index in [1.807, 2.05) is 6.92 Å². The quantitative estimate of drug-likeness (QED) is 0.417. The molecule has 5 nitrogen and oxygen atoms in total. The van der Waals surface area contributed by atoms with E-state index in [2.05, 4.69) is 10.0 Å². The molecule has 0 fully saturated rings. The molecule has 0 spiro atoms. The van der Waals surface area contributed by atoms with E-state index in [1.165, 1.54) is 24.3 Å². The lowest BCUT2D eigenvalue weighted by Gasteiger charge is -2.15. The van der Waals surface area contributed by atoms with Crippen LogP contribution in [0.15, 0.2) is 59.5 Å². The fourth-order valence-electron chi connectivity index (χ4n) is 2.72. The summed E-state index contributed by atoms with van der Waals surface area (Å²) >= 11 is 18.0. The molecule has 2 N–H and O–H groups in total. The first-order valence-corrected chi connectivity index (χ1v) is 11.3. The maximum atomic E-state index is 12.8. The molecule has 156 valence electrons. The summed E-state index contributed by atoms with van der Waals surface area (Å²) in [7, 11) is -3.81. The molecule has 0 aliphatic rings.